The van der Waals surface area contributed by atoms with Gasteiger partial charge in [0.05, 0.1) is 10.9 Å². The normalized spacial score (nSPS) is 11.3. The molecule has 0 aliphatic rings. The predicted octanol–water partition coefficient (Wildman–Crippen LogP) is 2.74. The Morgan fingerprint density at radius 2 is 2.00 bits per heavy atom. The van der Waals surface area contributed by atoms with Gasteiger partial charge >= 0.3 is 0 Å². The van der Waals surface area contributed by atoms with Crippen molar-refractivity contribution in [3.63, 3.8) is 0 Å². The van der Waals surface area contributed by atoms with Gasteiger partial charge < -0.3 is 9.88 Å². The lowest BCUT2D eigenvalue weighted by Gasteiger charge is -2.16. The van der Waals surface area contributed by atoms with Gasteiger partial charge in [-0.2, -0.15) is 0 Å². The van der Waals surface area contributed by atoms with E-state index in [1.807, 2.05) is 31.3 Å². The summed E-state index contributed by atoms with van der Waals surface area (Å²) in [6.45, 7) is 1.37. The van der Waals surface area contributed by atoms with Gasteiger partial charge in [-0.25, -0.2) is 9.37 Å². The van der Waals surface area contributed by atoms with Crippen LogP contribution < -0.4 is 5.56 Å². The van der Waals surface area contributed by atoms with Gasteiger partial charge in [-0.15, -0.1) is 0 Å². The van der Waals surface area contributed by atoms with E-state index in [0.717, 1.165) is 12.1 Å². The van der Waals surface area contributed by atoms with Crippen LogP contribution in [0.3, 0.4) is 0 Å². The van der Waals surface area contributed by atoms with Crippen molar-refractivity contribution in [1.29, 1.82) is 0 Å². The van der Waals surface area contributed by atoms with E-state index in [4.69, 9.17) is 0 Å². The summed E-state index contributed by atoms with van der Waals surface area (Å²) in [5.74, 6) is 0.441. The van der Waals surface area contributed by atoms with Crippen LogP contribution in [-0.4, -0.2) is 28.5 Å². The minimum absolute atomic E-state index is 0.113. The number of hydrogen-bond acceptors (Lipinski definition) is 3. The van der Waals surface area contributed by atoms with Crippen LogP contribution in [-0.2, 0) is 13.0 Å². The van der Waals surface area contributed by atoms with Crippen LogP contribution >= 0.6 is 0 Å². The lowest BCUT2D eigenvalue weighted by atomic mass is 10.2. The SMILES string of the molecule is CN(CCc1nc2ccccc2c(=O)[nH]1)Cc1cccc(F)c1. The first-order chi connectivity index (χ1) is 11.1. The number of hydrogen-bond donors (Lipinski definition) is 1. The first kappa shape index (κ1) is 15.4. The van der Waals surface area contributed by atoms with Crippen molar-refractivity contribution < 1.29 is 4.39 Å². The van der Waals surface area contributed by atoms with Gasteiger partial charge in [-0.3, -0.25) is 4.79 Å². The van der Waals surface area contributed by atoms with E-state index < -0.39 is 0 Å². The molecule has 1 aromatic heterocycles. The highest BCUT2D eigenvalue weighted by Gasteiger charge is 2.06. The van der Waals surface area contributed by atoms with Crippen molar-refractivity contribution in [1.82, 2.24) is 14.9 Å². The molecule has 3 rings (SSSR count). The second-order valence-electron chi connectivity index (χ2n) is 5.65. The fourth-order valence-electron chi connectivity index (χ4n) is 2.58. The number of aromatic nitrogens is 2. The number of likely N-dealkylation sites (N-methyl/N-ethyl adjacent to an activating group) is 1. The summed E-state index contributed by atoms with van der Waals surface area (Å²) in [7, 11) is 1.96. The van der Waals surface area contributed by atoms with Gasteiger partial charge in [0.25, 0.3) is 5.56 Å². The quantitative estimate of drug-likeness (QED) is 0.788. The lowest BCUT2D eigenvalue weighted by Crippen LogP contribution is -2.23. The smallest absolute Gasteiger partial charge is 0.258 e. The van der Waals surface area contributed by atoms with Crippen molar-refractivity contribution in [3.8, 4) is 0 Å². The van der Waals surface area contributed by atoms with Crippen LogP contribution in [0.2, 0.25) is 0 Å². The zero-order valence-electron chi connectivity index (χ0n) is 12.9. The molecular weight excluding hydrogens is 293 g/mol. The Labute approximate surface area is 133 Å². The van der Waals surface area contributed by atoms with E-state index in [9.17, 15) is 9.18 Å². The molecular formula is C18H18FN3O. The average molecular weight is 311 g/mol. The Kier molecular flexibility index (Phi) is 4.48. The first-order valence-corrected chi connectivity index (χ1v) is 7.53. The van der Waals surface area contributed by atoms with Gasteiger partial charge in [-0.05, 0) is 36.9 Å². The second kappa shape index (κ2) is 6.71. The molecule has 0 fully saturated rings. The average Bonchev–Trinajstić information content (AvgIpc) is 2.53. The van der Waals surface area contributed by atoms with Crippen molar-refractivity contribution >= 4 is 10.9 Å². The second-order valence-corrected chi connectivity index (χ2v) is 5.65. The number of fused-ring (bicyclic) bond motifs is 1. The van der Waals surface area contributed by atoms with Gasteiger partial charge in [0, 0.05) is 19.5 Å². The largest absolute Gasteiger partial charge is 0.310 e. The van der Waals surface area contributed by atoms with Crippen molar-refractivity contribution in [2.75, 3.05) is 13.6 Å². The maximum absolute atomic E-state index is 13.2. The standard InChI is InChI=1S/C18H18FN3O/c1-22(12-13-5-4-6-14(19)11-13)10-9-17-20-16-8-3-2-7-15(16)18(23)21-17/h2-8,11H,9-10,12H2,1H3,(H,20,21,23). The molecule has 0 spiro atoms. The third kappa shape index (κ3) is 3.81. The third-order valence-corrected chi connectivity index (χ3v) is 3.73. The van der Waals surface area contributed by atoms with E-state index in [2.05, 4.69) is 14.9 Å². The molecule has 0 bridgehead atoms. The molecule has 0 amide bonds. The molecule has 3 aromatic rings. The summed E-state index contributed by atoms with van der Waals surface area (Å²) in [6.07, 6.45) is 0.631. The molecule has 0 radical (unpaired) electrons. The molecule has 0 aliphatic heterocycles. The zero-order valence-corrected chi connectivity index (χ0v) is 12.9. The number of nitrogens with zero attached hydrogens (tertiary/aromatic N) is 2. The molecule has 0 aliphatic carbocycles. The predicted molar refractivity (Wildman–Crippen MR) is 88.8 cm³/mol. The summed E-state index contributed by atoms with van der Waals surface area (Å²) in [5.41, 5.74) is 1.52. The van der Waals surface area contributed by atoms with Gasteiger partial charge in [0.2, 0.25) is 0 Å². The van der Waals surface area contributed by atoms with Gasteiger partial charge in [0.15, 0.2) is 0 Å². The topological polar surface area (TPSA) is 49.0 Å². The van der Waals surface area contributed by atoms with E-state index in [1.165, 1.54) is 12.1 Å². The molecule has 0 unspecified atom stereocenters. The molecule has 4 nitrogen and oxygen atoms in total. The minimum Gasteiger partial charge on any atom is -0.310 e. The summed E-state index contributed by atoms with van der Waals surface area (Å²) >= 11 is 0. The molecule has 1 N–H and O–H groups in total. The summed E-state index contributed by atoms with van der Waals surface area (Å²) < 4.78 is 13.2. The molecule has 5 heteroatoms. The van der Waals surface area contributed by atoms with Crippen LogP contribution in [0.25, 0.3) is 10.9 Å². The molecule has 0 saturated heterocycles. The Morgan fingerprint density at radius 3 is 2.83 bits per heavy atom. The summed E-state index contributed by atoms with van der Waals surface area (Å²) in [5, 5.41) is 0.601. The highest BCUT2D eigenvalue weighted by atomic mass is 19.1. The minimum atomic E-state index is -0.226. The zero-order chi connectivity index (χ0) is 16.2. The van der Waals surface area contributed by atoms with Gasteiger partial charge in [-0.1, -0.05) is 24.3 Å². The Hall–Kier alpha value is -2.53. The molecule has 1 heterocycles. The highest BCUT2D eigenvalue weighted by Crippen LogP contribution is 2.08. The van der Waals surface area contributed by atoms with Crippen molar-refractivity contribution in [2.45, 2.75) is 13.0 Å². The number of nitrogens with one attached hydrogen (secondary N) is 1. The van der Waals surface area contributed by atoms with E-state index >= 15 is 0 Å². The van der Waals surface area contributed by atoms with Crippen LogP contribution in [0.15, 0.2) is 53.3 Å². The Morgan fingerprint density at radius 1 is 1.17 bits per heavy atom. The van der Waals surface area contributed by atoms with E-state index in [1.54, 1.807) is 12.1 Å². The first-order valence-electron chi connectivity index (χ1n) is 7.53. The van der Waals surface area contributed by atoms with Crippen molar-refractivity contribution in [3.05, 3.63) is 76.1 Å². The third-order valence-electron chi connectivity index (χ3n) is 3.73. The van der Waals surface area contributed by atoms with Gasteiger partial charge in [0.1, 0.15) is 11.6 Å². The Balaban J connectivity index is 1.67. The number of H-pyrrole nitrogens is 1. The highest BCUT2D eigenvalue weighted by molar-refractivity contribution is 5.77. The lowest BCUT2D eigenvalue weighted by molar-refractivity contribution is 0.328. The fraction of sp³-hybridized carbons (Fsp3) is 0.222. The molecule has 118 valence electrons. The Bertz CT molecular complexity index is 875. The molecule has 23 heavy (non-hydrogen) atoms. The maximum atomic E-state index is 13.2. The monoisotopic (exact) mass is 311 g/mol. The summed E-state index contributed by atoms with van der Waals surface area (Å²) in [6, 6.07) is 13.9. The van der Waals surface area contributed by atoms with Crippen LogP contribution in [0.5, 0.6) is 0 Å². The summed E-state index contributed by atoms with van der Waals surface area (Å²) in [4.78, 5) is 21.4. The van der Waals surface area contributed by atoms with Crippen LogP contribution in [0, 0.1) is 5.82 Å². The number of aromatic amines is 1. The van der Waals surface area contributed by atoms with Crippen LogP contribution in [0.1, 0.15) is 11.4 Å². The molecule has 2 aromatic carbocycles. The van der Waals surface area contributed by atoms with Crippen molar-refractivity contribution in [2.24, 2.45) is 0 Å². The van der Waals surface area contributed by atoms with Crippen LogP contribution in [0.4, 0.5) is 4.39 Å². The molecule has 0 saturated carbocycles. The fourth-order valence-corrected chi connectivity index (χ4v) is 2.58. The van der Waals surface area contributed by atoms with E-state index in [0.29, 0.717) is 29.7 Å². The molecule has 0 atom stereocenters. The number of rotatable bonds is 5. The van der Waals surface area contributed by atoms with E-state index in [-0.39, 0.29) is 11.4 Å². The number of para-hydroxylation sites is 1. The maximum Gasteiger partial charge on any atom is 0.258 e. The number of halogens is 1. The number of benzene rings is 2.